The third-order valence-electron chi connectivity index (χ3n) is 2.90. The first-order chi connectivity index (χ1) is 9.67. The summed E-state index contributed by atoms with van der Waals surface area (Å²) >= 11 is 0. The van der Waals surface area contributed by atoms with E-state index in [1.165, 1.54) is 5.56 Å². The number of ether oxygens (including phenoxy) is 2. The topological polar surface area (TPSA) is 33.7 Å². The van der Waals surface area contributed by atoms with Crippen molar-refractivity contribution in [1.82, 2.24) is 10.2 Å². The van der Waals surface area contributed by atoms with Crippen molar-refractivity contribution in [2.24, 2.45) is 0 Å². The molecule has 20 heavy (non-hydrogen) atoms. The summed E-state index contributed by atoms with van der Waals surface area (Å²) in [5.74, 6) is 1.66. The third kappa shape index (κ3) is 6.26. The standard InChI is InChI=1S/C16H28N2O2/c1-5-19-15-9-8-14(12-16(15)20-6-2)13-17-10-7-11-18(3)4/h8-9,12,17H,5-7,10-11,13H2,1-4H3. The van der Waals surface area contributed by atoms with Crippen LogP contribution in [-0.2, 0) is 6.54 Å². The van der Waals surface area contributed by atoms with Crippen LogP contribution in [0.1, 0.15) is 25.8 Å². The maximum absolute atomic E-state index is 5.63. The molecule has 0 atom stereocenters. The second-order valence-corrected chi connectivity index (χ2v) is 4.98. The van der Waals surface area contributed by atoms with Gasteiger partial charge in [0.2, 0.25) is 0 Å². The smallest absolute Gasteiger partial charge is 0.161 e. The molecule has 0 aliphatic carbocycles. The molecule has 114 valence electrons. The fraction of sp³-hybridized carbons (Fsp3) is 0.625. The van der Waals surface area contributed by atoms with Gasteiger partial charge in [0, 0.05) is 6.54 Å². The zero-order valence-electron chi connectivity index (χ0n) is 13.2. The third-order valence-corrected chi connectivity index (χ3v) is 2.90. The second-order valence-electron chi connectivity index (χ2n) is 4.98. The van der Waals surface area contributed by atoms with Crippen LogP contribution in [0.25, 0.3) is 0 Å². The molecule has 1 aromatic carbocycles. The van der Waals surface area contributed by atoms with E-state index in [0.29, 0.717) is 13.2 Å². The Hall–Kier alpha value is -1.26. The van der Waals surface area contributed by atoms with Crippen LogP contribution in [0.5, 0.6) is 11.5 Å². The molecule has 1 N–H and O–H groups in total. The lowest BCUT2D eigenvalue weighted by atomic mass is 10.2. The van der Waals surface area contributed by atoms with Crippen LogP contribution in [0.15, 0.2) is 18.2 Å². The minimum Gasteiger partial charge on any atom is -0.490 e. The highest BCUT2D eigenvalue weighted by Crippen LogP contribution is 2.28. The van der Waals surface area contributed by atoms with Gasteiger partial charge in [-0.2, -0.15) is 0 Å². The van der Waals surface area contributed by atoms with Gasteiger partial charge in [0.1, 0.15) is 0 Å². The molecule has 0 spiro atoms. The van der Waals surface area contributed by atoms with Crippen molar-refractivity contribution in [3.63, 3.8) is 0 Å². The Bertz CT molecular complexity index is 381. The first-order valence-electron chi connectivity index (χ1n) is 7.41. The zero-order chi connectivity index (χ0) is 14.8. The maximum atomic E-state index is 5.63. The van der Waals surface area contributed by atoms with Gasteiger partial charge < -0.3 is 19.7 Å². The molecular weight excluding hydrogens is 252 g/mol. The van der Waals surface area contributed by atoms with Crippen molar-refractivity contribution >= 4 is 0 Å². The largest absolute Gasteiger partial charge is 0.490 e. The summed E-state index contributed by atoms with van der Waals surface area (Å²) < 4.78 is 11.2. The number of benzene rings is 1. The Morgan fingerprint density at radius 2 is 1.75 bits per heavy atom. The molecule has 0 aliphatic heterocycles. The van der Waals surface area contributed by atoms with Crippen molar-refractivity contribution in [3.05, 3.63) is 23.8 Å². The summed E-state index contributed by atoms with van der Waals surface area (Å²) in [6.07, 6.45) is 1.16. The molecule has 0 aliphatic rings. The van der Waals surface area contributed by atoms with Crippen LogP contribution >= 0.6 is 0 Å². The number of hydrogen-bond donors (Lipinski definition) is 1. The van der Waals surface area contributed by atoms with Gasteiger partial charge in [0.05, 0.1) is 13.2 Å². The molecule has 0 saturated heterocycles. The molecule has 0 fully saturated rings. The first kappa shape index (κ1) is 16.8. The van der Waals surface area contributed by atoms with Crippen LogP contribution in [0.2, 0.25) is 0 Å². The van der Waals surface area contributed by atoms with Gasteiger partial charge in [-0.25, -0.2) is 0 Å². The van der Waals surface area contributed by atoms with Gasteiger partial charge in [-0.15, -0.1) is 0 Å². The minimum atomic E-state index is 0.653. The van der Waals surface area contributed by atoms with Crippen molar-refractivity contribution in [3.8, 4) is 11.5 Å². The molecule has 1 aromatic rings. The highest BCUT2D eigenvalue weighted by atomic mass is 16.5. The normalized spacial score (nSPS) is 10.8. The molecule has 4 heteroatoms. The fourth-order valence-corrected chi connectivity index (χ4v) is 1.96. The number of hydrogen-bond acceptors (Lipinski definition) is 4. The molecule has 0 unspecified atom stereocenters. The average Bonchev–Trinajstić information content (AvgIpc) is 2.41. The van der Waals surface area contributed by atoms with Crippen LogP contribution in [0, 0.1) is 0 Å². The summed E-state index contributed by atoms with van der Waals surface area (Å²) in [5, 5.41) is 3.45. The van der Waals surface area contributed by atoms with E-state index in [4.69, 9.17) is 9.47 Å². The summed E-state index contributed by atoms with van der Waals surface area (Å²) in [6.45, 7) is 8.27. The quantitative estimate of drug-likeness (QED) is 0.668. The second kappa shape index (κ2) is 9.61. The Morgan fingerprint density at radius 1 is 1.05 bits per heavy atom. The molecule has 0 saturated carbocycles. The van der Waals surface area contributed by atoms with E-state index >= 15 is 0 Å². The molecule has 0 radical (unpaired) electrons. The van der Waals surface area contributed by atoms with Crippen LogP contribution in [-0.4, -0.2) is 45.3 Å². The molecule has 0 aromatic heterocycles. The molecule has 0 bridgehead atoms. The minimum absolute atomic E-state index is 0.653. The molecule has 0 amide bonds. The van der Waals surface area contributed by atoms with Crippen LogP contribution in [0.3, 0.4) is 0 Å². The van der Waals surface area contributed by atoms with Gasteiger partial charge in [-0.1, -0.05) is 6.07 Å². The summed E-state index contributed by atoms with van der Waals surface area (Å²) in [5.41, 5.74) is 1.22. The monoisotopic (exact) mass is 280 g/mol. The summed E-state index contributed by atoms with van der Waals surface area (Å²) in [6, 6.07) is 6.14. The van der Waals surface area contributed by atoms with Crippen molar-refractivity contribution < 1.29 is 9.47 Å². The SMILES string of the molecule is CCOc1ccc(CNCCCN(C)C)cc1OCC. The Kier molecular flexibility index (Phi) is 8.07. The number of rotatable bonds is 10. The first-order valence-corrected chi connectivity index (χ1v) is 7.41. The maximum Gasteiger partial charge on any atom is 0.161 e. The molecular formula is C16H28N2O2. The van der Waals surface area contributed by atoms with E-state index in [2.05, 4.69) is 36.4 Å². The van der Waals surface area contributed by atoms with Crippen molar-refractivity contribution in [1.29, 1.82) is 0 Å². The lowest BCUT2D eigenvalue weighted by Crippen LogP contribution is -2.21. The highest BCUT2D eigenvalue weighted by molar-refractivity contribution is 5.43. The zero-order valence-corrected chi connectivity index (χ0v) is 13.2. The van der Waals surface area contributed by atoms with Gasteiger partial charge >= 0.3 is 0 Å². The van der Waals surface area contributed by atoms with E-state index in [-0.39, 0.29) is 0 Å². The van der Waals surface area contributed by atoms with E-state index in [1.807, 2.05) is 19.9 Å². The fourth-order valence-electron chi connectivity index (χ4n) is 1.96. The number of nitrogens with one attached hydrogen (secondary N) is 1. The lowest BCUT2D eigenvalue weighted by molar-refractivity contribution is 0.287. The summed E-state index contributed by atoms with van der Waals surface area (Å²) in [7, 11) is 4.20. The molecule has 0 heterocycles. The number of nitrogens with zero attached hydrogens (tertiary/aromatic N) is 1. The van der Waals surface area contributed by atoms with E-state index in [0.717, 1.165) is 37.6 Å². The van der Waals surface area contributed by atoms with E-state index in [1.54, 1.807) is 0 Å². The predicted octanol–water partition coefficient (Wildman–Crippen LogP) is 2.53. The Balaban J connectivity index is 2.47. The Labute approximate surface area is 123 Å². The Morgan fingerprint density at radius 3 is 2.40 bits per heavy atom. The van der Waals surface area contributed by atoms with Gasteiger partial charge in [0.25, 0.3) is 0 Å². The van der Waals surface area contributed by atoms with Crippen molar-refractivity contribution in [2.45, 2.75) is 26.8 Å². The lowest BCUT2D eigenvalue weighted by Gasteiger charge is -2.13. The predicted molar refractivity (Wildman–Crippen MR) is 83.7 cm³/mol. The molecule has 1 rings (SSSR count). The van der Waals surface area contributed by atoms with E-state index < -0.39 is 0 Å². The average molecular weight is 280 g/mol. The summed E-state index contributed by atoms with van der Waals surface area (Å²) in [4.78, 5) is 2.20. The van der Waals surface area contributed by atoms with Gasteiger partial charge in [0.15, 0.2) is 11.5 Å². The van der Waals surface area contributed by atoms with E-state index in [9.17, 15) is 0 Å². The van der Waals surface area contributed by atoms with Gasteiger partial charge in [-0.05, 0) is 65.1 Å². The molecule has 4 nitrogen and oxygen atoms in total. The van der Waals surface area contributed by atoms with Crippen LogP contribution < -0.4 is 14.8 Å². The van der Waals surface area contributed by atoms with Crippen molar-refractivity contribution in [2.75, 3.05) is 40.4 Å². The van der Waals surface area contributed by atoms with Gasteiger partial charge in [-0.3, -0.25) is 0 Å². The van der Waals surface area contributed by atoms with Crippen LogP contribution in [0.4, 0.5) is 0 Å². The highest BCUT2D eigenvalue weighted by Gasteiger charge is 2.05.